The van der Waals surface area contributed by atoms with Crippen LogP contribution in [0.15, 0.2) is 36.9 Å². The van der Waals surface area contributed by atoms with Crippen molar-refractivity contribution in [2.24, 2.45) is 5.92 Å². The van der Waals surface area contributed by atoms with Crippen LogP contribution < -0.4 is 15.4 Å². The van der Waals surface area contributed by atoms with Gasteiger partial charge in [-0.3, -0.25) is 0 Å². The average Bonchev–Trinajstić information content (AvgIpc) is 2.89. The lowest BCUT2D eigenvalue weighted by atomic mass is 10.1. The van der Waals surface area contributed by atoms with Crippen molar-refractivity contribution >= 4 is 15.9 Å². The summed E-state index contributed by atoms with van der Waals surface area (Å²) in [6.45, 7) is 4.72. The molecule has 6 nitrogen and oxygen atoms in total. The molecule has 0 unspecified atom stereocenters. The molecule has 1 aliphatic heterocycles. The zero-order valence-electron chi connectivity index (χ0n) is 13.0. The van der Waals surface area contributed by atoms with E-state index in [0.29, 0.717) is 31.9 Å². The maximum absolute atomic E-state index is 11.8. The van der Waals surface area contributed by atoms with Crippen LogP contribution in [0.3, 0.4) is 0 Å². The molecule has 1 aromatic carbocycles. The highest BCUT2D eigenvalue weighted by atomic mass is 32.2. The van der Waals surface area contributed by atoms with Gasteiger partial charge in [0.2, 0.25) is 0 Å². The quantitative estimate of drug-likeness (QED) is 0.738. The minimum absolute atomic E-state index is 0.00830. The van der Waals surface area contributed by atoms with Crippen LogP contribution in [0, 0.1) is 5.92 Å². The number of hydrogen-bond acceptors (Lipinski definition) is 4. The molecule has 1 atom stereocenters. The van der Waals surface area contributed by atoms with Crippen molar-refractivity contribution in [3.63, 3.8) is 0 Å². The van der Waals surface area contributed by atoms with E-state index in [9.17, 15) is 13.2 Å². The van der Waals surface area contributed by atoms with E-state index in [1.165, 1.54) is 0 Å². The molecule has 0 spiro atoms. The number of sulfone groups is 1. The fourth-order valence-electron chi connectivity index (χ4n) is 2.45. The summed E-state index contributed by atoms with van der Waals surface area (Å²) < 4.78 is 28.3. The zero-order chi connectivity index (χ0) is 16.7. The first-order valence-electron chi connectivity index (χ1n) is 7.54. The molecule has 1 saturated heterocycles. The molecule has 2 amide bonds. The summed E-state index contributed by atoms with van der Waals surface area (Å²) in [7, 11) is -2.91. The van der Waals surface area contributed by atoms with E-state index in [1.807, 2.05) is 24.3 Å². The molecule has 1 fully saturated rings. The zero-order valence-corrected chi connectivity index (χ0v) is 13.8. The van der Waals surface area contributed by atoms with Crippen molar-refractivity contribution in [1.82, 2.24) is 10.6 Å². The summed E-state index contributed by atoms with van der Waals surface area (Å²) in [5, 5.41) is 5.48. The van der Waals surface area contributed by atoms with Crippen LogP contribution in [0.25, 0.3) is 0 Å². The molecule has 7 heteroatoms. The van der Waals surface area contributed by atoms with Crippen molar-refractivity contribution in [1.29, 1.82) is 0 Å². The third-order valence-corrected chi connectivity index (χ3v) is 5.48. The third-order valence-electron chi connectivity index (χ3n) is 3.65. The largest absolute Gasteiger partial charge is 0.489 e. The summed E-state index contributed by atoms with van der Waals surface area (Å²) in [5.41, 5.74) is 0.868. The molecule has 0 bridgehead atoms. The third kappa shape index (κ3) is 5.59. The van der Waals surface area contributed by atoms with Gasteiger partial charge in [0.15, 0.2) is 9.84 Å². The van der Waals surface area contributed by atoms with Crippen molar-refractivity contribution in [3.05, 3.63) is 42.5 Å². The Labute approximate surface area is 136 Å². The monoisotopic (exact) mass is 338 g/mol. The Hall–Kier alpha value is -2.02. The van der Waals surface area contributed by atoms with Gasteiger partial charge in [0.05, 0.1) is 11.5 Å². The molecule has 1 aliphatic rings. The predicted molar refractivity (Wildman–Crippen MR) is 89.1 cm³/mol. The number of rotatable bonds is 7. The van der Waals surface area contributed by atoms with Crippen LogP contribution in [0.4, 0.5) is 4.79 Å². The topological polar surface area (TPSA) is 84.5 Å². The van der Waals surface area contributed by atoms with Gasteiger partial charge in [-0.1, -0.05) is 30.9 Å². The molecule has 0 aliphatic carbocycles. The number of benzene rings is 1. The van der Waals surface area contributed by atoms with Gasteiger partial charge in [-0.2, -0.15) is 0 Å². The molecule has 2 N–H and O–H groups in total. The minimum atomic E-state index is -2.91. The highest BCUT2D eigenvalue weighted by Gasteiger charge is 2.27. The smallest absolute Gasteiger partial charge is 0.315 e. The van der Waals surface area contributed by atoms with Crippen molar-refractivity contribution < 1.29 is 17.9 Å². The molecular formula is C16H22N2O4S. The number of urea groups is 1. The van der Waals surface area contributed by atoms with E-state index >= 15 is 0 Å². The lowest BCUT2D eigenvalue weighted by Crippen LogP contribution is -2.38. The molecule has 1 aromatic rings. The average molecular weight is 338 g/mol. The lowest BCUT2D eigenvalue weighted by molar-refractivity contribution is 0.239. The number of amides is 2. The van der Waals surface area contributed by atoms with Gasteiger partial charge in [-0.25, -0.2) is 13.2 Å². The Balaban J connectivity index is 1.77. The molecule has 126 valence electrons. The highest BCUT2D eigenvalue weighted by molar-refractivity contribution is 7.91. The van der Waals surface area contributed by atoms with E-state index < -0.39 is 9.84 Å². The summed E-state index contributed by atoms with van der Waals surface area (Å²) in [5.74, 6) is 1.09. The van der Waals surface area contributed by atoms with E-state index in [1.54, 1.807) is 6.08 Å². The number of carbonyl (C=O) groups excluding carboxylic acids is 1. The Morgan fingerprint density at radius 2 is 2.13 bits per heavy atom. The second kappa shape index (κ2) is 8.01. The molecule has 23 heavy (non-hydrogen) atoms. The Bertz CT molecular complexity index is 658. The van der Waals surface area contributed by atoms with Crippen LogP contribution in [-0.4, -0.2) is 39.1 Å². The van der Waals surface area contributed by atoms with E-state index in [2.05, 4.69) is 17.2 Å². The fourth-order valence-corrected chi connectivity index (χ4v) is 4.31. The molecule has 0 saturated carbocycles. The Kier molecular flexibility index (Phi) is 6.04. The van der Waals surface area contributed by atoms with Crippen molar-refractivity contribution in [2.75, 3.05) is 24.7 Å². The van der Waals surface area contributed by atoms with E-state index in [-0.39, 0.29) is 23.5 Å². The van der Waals surface area contributed by atoms with Gasteiger partial charge in [-0.15, -0.1) is 0 Å². The number of carbonyl (C=O) groups is 1. The van der Waals surface area contributed by atoms with Gasteiger partial charge in [-0.05, 0) is 18.4 Å². The summed E-state index contributed by atoms with van der Waals surface area (Å²) in [6, 6.07) is 7.14. The maximum atomic E-state index is 11.8. The Morgan fingerprint density at radius 3 is 2.83 bits per heavy atom. The number of ether oxygens (including phenoxy) is 1. The molecule has 0 radical (unpaired) electrons. The maximum Gasteiger partial charge on any atom is 0.315 e. The van der Waals surface area contributed by atoms with Crippen LogP contribution in [-0.2, 0) is 16.4 Å². The highest BCUT2D eigenvalue weighted by Crippen LogP contribution is 2.18. The number of nitrogens with one attached hydrogen (secondary N) is 2. The van der Waals surface area contributed by atoms with Gasteiger partial charge in [0.1, 0.15) is 12.4 Å². The fraction of sp³-hybridized carbons (Fsp3) is 0.438. The van der Waals surface area contributed by atoms with Crippen LogP contribution in [0.1, 0.15) is 12.0 Å². The van der Waals surface area contributed by atoms with E-state index in [4.69, 9.17) is 4.74 Å². The lowest BCUT2D eigenvalue weighted by Gasteiger charge is -2.13. The van der Waals surface area contributed by atoms with Gasteiger partial charge >= 0.3 is 6.03 Å². The molecule has 0 aromatic heterocycles. The number of hydrogen-bond donors (Lipinski definition) is 2. The molecule has 2 rings (SSSR count). The molecular weight excluding hydrogens is 316 g/mol. The predicted octanol–water partition coefficient (Wildman–Crippen LogP) is 1.49. The Morgan fingerprint density at radius 1 is 1.35 bits per heavy atom. The minimum Gasteiger partial charge on any atom is -0.489 e. The molecule has 1 heterocycles. The summed E-state index contributed by atoms with van der Waals surface area (Å²) in [6.07, 6.45) is 2.27. The first kappa shape index (κ1) is 17.3. The summed E-state index contributed by atoms with van der Waals surface area (Å²) in [4.78, 5) is 11.8. The number of para-hydroxylation sites is 1. The van der Waals surface area contributed by atoms with Crippen LogP contribution >= 0.6 is 0 Å². The van der Waals surface area contributed by atoms with Crippen molar-refractivity contribution in [2.45, 2.75) is 13.0 Å². The van der Waals surface area contributed by atoms with Crippen LogP contribution in [0.2, 0.25) is 0 Å². The van der Waals surface area contributed by atoms with Crippen LogP contribution in [0.5, 0.6) is 5.75 Å². The second-order valence-corrected chi connectivity index (χ2v) is 7.77. The van der Waals surface area contributed by atoms with E-state index in [0.717, 1.165) is 5.56 Å². The normalized spacial score (nSPS) is 19.0. The van der Waals surface area contributed by atoms with Crippen molar-refractivity contribution in [3.8, 4) is 5.75 Å². The summed E-state index contributed by atoms with van der Waals surface area (Å²) >= 11 is 0. The first-order chi connectivity index (χ1) is 11.0. The van der Waals surface area contributed by atoms with Gasteiger partial charge in [0, 0.05) is 18.7 Å². The van der Waals surface area contributed by atoms with Gasteiger partial charge < -0.3 is 15.4 Å². The standard InChI is InChI=1S/C16H22N2O4S/c1-2-8-22-15-6-4-3-5-14(15)11-18-16(19)17-10-13-7-9-23(20,21)12-13/h2-6,13H,1,7-12H2,(H2,17,18,19)/t13-/m0/s1. The second-order valence-electron chi connectivity index (χ2n) is 5.54. The first-order valence-corrected chi connectivity index (χ1v) is 9.36. The SMILES string of the molecule is C=CCOc1ccccc1CNC(=O)NC[C@@H]1CCS(=O)(=O)C1. The van der Waals surface area contributed by atoms with Gasteiger partial charge in [0.25, 0.3) is 0 Å².